The SMILES string of the molecule is Cc1ccc(NC(=O)CC2(NC(=O)OCC3c4ccccc4-c4ccccc43)CC2)cc1C(=O)O. The topological polar surface area (TPSA) is 105 Å². The van der Waals surface area contributed by atoms with Crippen LogP contribution in [0.2, 0.25) is 0 Å². The first kappa shape index (κ1) is 22.7. The fourth-order valence-electron chi connectivity index (χ4n) is 4.79. The minimum absolute atomic E-state index is 0.0310. The maximum absolute atomic E-state index is 12.6. The minimum Gasteiger partial charge on any atom is -0.478 e. The number of benzene rings is 3. The lowest BCUT2D eigenvalue weighted by Crippen LogP contribution is -2.40. The molecule has 0 spiro atoms. The summed E-state index contributed by atoms with van der Waals surface area (Å²) in [6, 6.07) is 21.0. The second kappa shape index (κ2) is 8.91. The third-order valence-corrected chi connectivity index (χ3v) is 6.82. The van der Waals surface area contributed by atoms with Gasteiger partial charge >= 0.3 is 12.1 Å². The van der Waals surface area contributed by atoms with Gasteiger partial charge in [-0.25, -0.2) is 9.59 Å². The number of carbonyl (C=O) groups excluding carboxylic acids is 2. The predicted octanol–water partition coefficient (Wildman–Crippen LogP) is 5.09. The molecule has 1 fully saturated rings. The first-order chi connectivity index (χ1) is 16.8. The van der Waals surface area contributed by atoms with Gasteiger partial charge < -0.3 is 20.5 Å². The number of carbonyl (C=O) groups is 3. The van der Waals surface area contributed by atoms with Gasteiger partial charge in [-0.05, 0) is 59.7 Å². The Balaban J connectivity index is 1.18. The number of hydrogen-bond acceptors (Lipinski definition) is 4. The molecule has 0 heterocycles. The van der Waals surface area contributed by atoms with Crippen LogP contribution in [0, 0.1) is 6.92 Å². The Hall–Kier alpha value is -4.13. The Kier molecular flexibility index (Phi) is 5.76. The highest BCUT2D eigenvalue weighted by Crippen LogP contribution is 2.44. The van der Waals surface area contributed by atoms with Crippen molar-refractivity contribution in [1.29, 1.82) is 0 Å². The van der Waals surface area contributed by atoms with Crippen molar-refractivity contribution in [1.82, 2.24) is 5.32 Å². The Bertz CT molecular complexity index is 1280. The Morgan fingerprint density at radius 1 is 0.971 bits per heavy atom. The van der Waals surface area contributed by atoms with Crippen LogP contribution >= 0.6 is 0 Å². The molecule has 178 valence electrons. The highest BCUT2D eigenvalue weighted by atomic mass is 16.5. The number of aryl methyl sites for hydroxylation is 1. The highest BCUT2D eigenvalue weighted by Gasteiger charge is 2.46. The van der Waals surface area contributed by atoms with E-state index in [0.717, 1.165) is 22.3 Å². The summed E-state index contributed by atoms with van der Waals surface area (Å²) in [6.07, 6.45) is 0.909. The number of aromatic carboxylic acids is 1. The summed E-state index contributed by atoms with van der Waals surface area (Å²) in [7, 11) is 0. The molecule has 2 aliphatic rings. The van der Waals surface area contributed by atoms with Gasteiger partial charge in [0.25, 0.3) is 0 Å². The summed E-state index contributed by atoms with van der Waals surface area (Å²) in [5, 5.41) is 14.9. The number of alkyl carbamates (subject to hydrolysis) is 1. The van der Waals surface area contributed by atoms with Crippen molar-refractivity contribution in [3.8, 4) is 11.1 Å². The average molecular weight is 471 g/mol. The molecular formula is C28H26N2O5. The number of amides is 2. The normalized spacial score (nSPS) is 15.0. The van der Waals surface area contributed by atoms with Crippen LogP contribution in [0.4, 0.5) is 10.5 Å². The molecule has 5 rings (SSSR count). The molecule has 0 aromatic heterocycles. The zero-order valence-corrected chi connectivity index (χ0v) is 19.3. The first-order valence-electron chi connectivity index (χ1n) is 11.6. The molecule has 3 aromatic carbocycles. The van der Waals surface area contributed by atoms with Crippen molar-refractivity contribution in [3.63, 3.8) is 0 Å². The van der Waals surface area contributed by atoms with E-state index in [-0.39, 0.29) is 30.4 Å². The highest BCUT2D eigenvalue weighted by molar-refractivity contribution is 5.95. The summed E-state index contributed by atoms with van der Waals surface area (Å²) < 4.78 is 5.62. The van der Waals surface area contributed by atoms with Crippen LogP contribution in [0.3, 0.4) is 0 Å². The van der Waals surface area contributed by atoms with Crippen molar-refractivity contribution in [3.05, 3.63) is 89.0 Å². The van der Waals surface area contributed by atoms with Gasteiger partial charge in [0.05, 0.1) is 17.5 Å². The van der Waals surface area contributed by atoms with E-state index >= 15 is 0 Å². The lowest BCUT2D eigenvalue weighted by atomic mass is 9.98. The van der Waals surface area contributed by atoms with E-state index in [0.29, 0.717) is 24.1 Å². The van der Waals surface area contributed by atoms with E-state index in [2.05, 4.69) is 34.9 Å². The largest absolute Gasteiger partial charge is 0.478 e. The van der Waals surface area contributed by atoms with E-state index in [4.69, 9.17) is 4.74 Å². The average Bonchev–Trinajstić information content (AvgIpc) is 3.50. The predicted molar refractivity (Wildman–Crippen MR) is 132 cm³/mol. The minimum atomic E-state index is -1.05. The number of carboxylic acid groups (broad SMARTS) is 1. The molecule has 2 amide bonds. The monoisotopic (exact) mass is 470 g/mol. The lowest BCUT2D eigenvalue weighted by Gasteiger charge is -2.19. The number of ether oxygens (including phenoxy) is 1. The van der Waals surface area contributed by atoms with Gasteiger partial charge in [-0.2, -0.15) is 0 Å². The maximum Gasteiger partial charge on any atom is 0.407 e. The van der Waals surface area contributed by atoms with E-state index in [1.807, 2.05) is 24.3 Å². The van der Waals surface area contributed by atoms with Crippen molar-refractivity contribution < 1.29 is 24.2 Å². The molecular weight excluding hydrogens is 444 g/mol. The van der Waals surface area contributed by atoms with Gasteiger partial charge in [0.15, 0.2) is 0 Å². The molecule has 7 heteroatoms. The van der Waals surface area contributed by atoms with E-state index < -0.39 is 17.6 Å². The molecule has 2 aliphatic carbocycles. The molecule has 0 atom stereocenters. The van der Waals surface area contributed by atoms with Gasteiger partial charge in [-0.15, -0.1) is 0 Å². The standard InChI is InChI=1S/C28H26N2O5/c1-17-10-11-18(14-23(17)26(32)33)29-25(31)15-28(12-13-28)30-27(34)35-16-24-21-8-4-2-6-19(21)20-7-3-5-9-22(20)24/h2-11,14,24H,12-13,15-16H2,1H3,(H,29,31)(H,30,34)(H,32,33). The lowest BCUT2D eigenvalue weighted by molar-refractivity contribution is -0.116. The first-order valence-corrected chi connectivity index (χ1v) is 11.6. The van der Waals surface area contributed by atoms with Crippen molar-refractivity contribution in [2.45, 2.75) is 37.6 Å². The molecule has 7 nitrogen and oxygen atoms in total. The second-order valence-corrected chi connectivity index (χ2v) is 9.29. The van der Waals surface area contributed by atoms with Crippen LogP contribution in [0.25, 0.3) is 11.1 Å². The van der Waals surface area contributed by atoms with Crippen LogP contribution in [-0.2, 0) is 9.53 Å². The zero-order valence-electron chi connectivity index (χ0n) is 19.3. The zero-order chi connectivity index (χ0) is 24.6. The van der Waals surface area contributed by atoms with Gasteiger partial charge in [-0.3, -0.25) is 4.79 Å². The van der Waals surface area contributed by atoms with Crippen molar-refractivity contribution >= 4 is 23.7 Å². The molecule has 35 heavy (non-hydrogen) atoms. The van der Waals surface area contributed by atoms with Crippen molar-refractivity contribution in [2.75, 3.05) is 11.9 Å². The molecule has 0 bridgehead atoms. The number of fused-ring (bicyclic) bond motifs is 3. The quantitative estimate of drug-likeness (QED) is 0.446. The van der Waals surface area contributed by atoms with Crippen molar-refractivity contribution in [2.24, 2.45) is 0 Å². The Morgan fingerprint density at radius 2 is 1.60 bits per heavy atom. The Morgan fingerprint density at radius 3 is 2.20 bits per heavy atom. The van der Waals surface area contributed by atoms with Crippen LogP contribution < -0.4 is 10.6 Å². The van der Waals surface area contributed by atoms with Crippen LogP contribution in [0.1, 0.15) is 52.2 Å². The van der Waals surface area contributed by atoms with Crippen LogP contribution in [0.5, 0.6) is 0 Å². The Labute approximate surface area is 203 Å². The smallest absolute Gasteiger partial charge is 0.407 e. The third-order valence-electron chi connectivity index (χ3n) is 6.82. The number of anilines is 1. The van der Waals surface area contributed by atoms with Crippen LogP contribution in [-0.4, -0.2) is 35.2 Å². The number of nitrogens with one attached hydrogen (secondary N) is 2. The molecule has 0 saturated heterocycles. The number of rotatable bonds is 7. The molecule has 3 N–H and O–H groups in total. The summed E-state index contributed by atoms with van der Waals surface area (Å²) in [4.78, 5) is 36.6. The number of carboxylic acids is 1. The summed E-state index contributed by atoms with van der Waals surface area (Å²) in [6.45, 7) is 1.91. The van der Waals surface area contributed by atoms with E-state index in [1.54, 1.807) is 19.1 Å². The van der Waals surface area contributed by atoms with E-state index in [1.165, 1.54) is 6.07 Å². The second-order valence-electron chi connectivity index (χ2n) is 9.29. The van der Waals surface area contributed by atoms with Gasteiger partial charge in [0.2, 0.25) is 5.91 Å². The van der Waals surface area contributed by atoms with Gasteiger partial charge in [0, 0.05) is 11.6 Å². The van der Waals surface area contributed by atoms with Gasteiger partial charge in [-0.1, -0.05) is 54.6 Å². The number of hydrogen-bond donors (Lipinski definition) is 3. The summed E-state index contributed by atoms with van der Waals surface area (Å²) >= 11 is 0. The molecule has 0 unspecified atom stereocenters. The van der Waals surface area contributed by atoms with Crippen LogP contribution in [0.15, 0.2) is 66.7 Å². The molecule has 1 saturated carbocycles. The third kappa shape index (κ3) is 4.62. The maximum atomic E-state index is 12.6. The fourth-order valence-corrected chi connectivity index (χ4v) is 4.79. The summed E-state index contributed by atoms with van der Waals surface area (Å²) in [5.74, 6) is -1.37. The van der Waals surface area contributed by atoms with Gasteiger partial charge in [0.1, 0.15) is 6.61 Å². The fraction of sp³-hybridized carbons (Fsp3) is 0.250. The van der Waals surface area contributed by atoms with E-state index in [9.17, 15) is 19.5 Å². The summed E-state index contributed by atoms with van der Waals surface area (Å²) in [5.41, 5.74) is 5.14. The molecule has 0 radical (unpaired) electrons. The molecule has 3 aromatic rings. The molecule has 0 aliphatic heterocycles.